The minimum Gasteiger partial charge on any atom is -0.370 e. The number of sulfonamides is 1. The van der Waals surface area contributed by atoms with E-state index >= 15 is 0 Å². The zero-order chi connectivity index (χ0) is 17.6. The van der Waals surface area contributed by atoms with Crippen molar-refractivity contribution >= 4 is 10.0 Å². The van der Waals surface area contributed by atoms with Crippen molar-refractivity contribution < 1.29 is 39.9 Å². The third-order valence-electron chi connectivity index (χ3n) is 3.31. The second kappa shape index (κ2) is 5.53. The van der Waals surface area contributed by atoms with E-state index < -0.39 is 46.0 Å². The van der Waals surface area contributed by atoms with Gasteiger partial charge < -0.3 is 5.11 Å². The predicted molar refractivity (Wildman–Crippen MR) is 65.3 cm³/mol. The van der Waals surface area contributed by atoms with Crippen LogP contribution in [-0.4, -0.2) is 55.1 Å². The van der Waals surface area contributed by atoms with Crippen molar-refractivity contribution in [2.45, 2.75) is 30.4 Å². The highest BCUT2D eigenvalue weighted by Gasteiger charge is 2.71. The van der Waals surface area contributed by atoms with Gasteiger partial charge >= 0.3 is 12.4 Å². The molecule has 1 aliphatic carbocycles. The van der Waals surface area contributed by atoms with Gasteiger partial charge in [-0.25, -0.2) is 8.42 Å². The fraction of sp³-hybridized carbons (Fsp3) is 0.636. The fourth-order valence-electron chi connectivity index (χ4n) is 1.88. The molecule has 128 valence electrons. The first-order valence-corrected chi connectivity index (χ1v) is 7.65. The largest absolute Gasteiger partial charge is 0.430 e. The molecular weight excluding hydrogens is 340 g/mol. The van der Waals surface area contributed by atoms with Crippen molar-refractivity contribution in [3.8, 4) is 0 Å². The lowest BCUT2D eigenvalue weighted by Gasteiger charge is -2.35. The van der Waals surface area contributed by atoms with E-state index in [1.807, 2.05) is 0 Å². The summed E-state index contributed by atoms with van der Waals surface area (Å²) in [5.74, 6) is 0. The van der Waals surface area contributed by atoms with Gasteiger partial charge in [0.2, 0.25) is 10.0 Å². The number of rotatable bonds is 3. The number of alkyl halides is 6. The van der Waals surface area contributed by atoms with Gasteiger partial charge in [0, 0.05) is 13.1 Å². The Hall–Kier alpha value is -1.07. The number of hydrogen-bond acceptors (Lipinski definition) is 3. The van der Waals surface area contributed by atoms with Gasteiger partial charge in [-0.1, -0.05) is 18.2 Å². The Morgan fingerprint density at radius 2 is 1.64 bits per heavy atom. The van der Waals surface area contributed by atoms with Crippen molar-refractivity contribution in [1.82, 2.24) is 4.31 Å². The molecule has 0 saturated carbocycles. The van der Waals surface area contributed by atoms with E-state index in [1.54, 1.807) is 0 Å². The molecule has 0 aromatic heterocycles. The van der Waals surface area contributed by atoms with Crippen LogP contribution in [0.1, 0.15) is 6.42 Å². The Labute approximate surface area is 122 Å². The van der Waals surface area contributed by atoms with Crippen LogP contribution in [0.5, 0.6) is 0 Å². The number of nitrogens with zero attached hydrogens (tertiary/aromatic N) is 1. The zero-order valence-electron chi connectivity index (χ0n) is 11.4. The fourth-order valence-corrected chi connectivity index (χ4v) is 2.53. The van der Waals surface area contributed by atoms with Crippen LogP contribution >= 0.6 is 0 Å². The molecule has 0 aromatic carbocycles. The van der Waals surface area contributed by atoms with Crippen molar-refractivity contribution in [2.75, 3.05) is 13.3 Å². The average molecular weight is 353 g/mol. The Morgan fingerprint density at radius 1 is 1.18 bits per heavy atom. The van der Waals surface area contributed by atoms with Gasteiger partial charge in [0.25, 0.3) is 5.60 Å². The van der Waals surface area contributed by atoms with Crippen molar-refractivity contribution in [3.63, 3.8) is 0 Å². The number of halogens is 6. The lowest BCUT2D eigenvalue weighted by molar-refractivity contribution is -0.351. The normalized spacial score (nSPS) is 21.2. The molecule has 22 heavy (non-hydrogen) atoms. The molecule has 0 amide bonds. The molecule has 1 unspecified atom stereocenters. The van der Waals surface area contributed by atoms with Crippen LogP contribution < -0.4 is 0 Å². The van der Waals surface area contributed by atoms with Gasteiger partial charge in [0.1, 0.15) is 0 Å². The van der Waals surface area contributed by atoms with Gasteiger partial charge in [-0.05, 0) is 12.0 Å². The summed E-state index contributed by atoms with van der Waals surface area (Å²) in [6, 6.07) is -0.926. The van der Waals surface area contributed by atoms with Crippen molar-refractivity contribution in [2.24, 2.45) is 0 Å². The lowest BCUT2D eigenvalue weighted by atomic mass is 9.87. The molecule has 0 bridgehead atoms. The van der Waals surface area contributed by atoms with Gasteiger partial charge in [0.15, 0.2) is 0 Å². The summed E-state index contributed by atoms with van der Waals surface area (Å²) in [7, 11) is -2.52. The lowest BCUT2D eigenvalue weighted by Crippen LogP contribution is -2.58. The monoisotopic (exact) mass is 353 g/mol. The minimum atomic E-state index is -5.96. The standard InChI is InChI=1S/C11H13F6NO3S/c1-18(22(2,20)21)8-5-3-7(4-6-8)9(19,10(12,13)14)11(15,16)17/h3-5,8,19H,6H2,1-2H3. The van der Waals surface area contributed by atoms with Crippen LogP contribution in [0.4, 0.5) is 26.3 Å². The highest BCUT2D eigenvalue weighted by atomic mass is 32.2. The van der Waals surface area contributed by atoms with Crippen molar-refractivity contribution in [3.05, 3.63) is 23.8 Å². The van der Waals surface area contributed by atoms with E-state index in [0.29, 0.717) is 12.2 Å². The summed E-state index contributed by atoms with van der Waals surface area (Å²) in [5.41, 5.74) is -6.38. The Balaban J connectivity index is 3.16. The van der Waals surface area contributed by atoms with Crippen LogP contribution in [-0.2, 0) is 10.0 Å². The average Bonchev–Trinajstić information content (AvgIpc) is 2.33. The molecule has 0 fully saturated rings. The third kappa shape index (κ3) is 3.30. The van der Waals surface area contributed by atoms with Crippen LogP contribution in [0.2, 0.25) is 0 Å². The Kier molecular flexibility index (Phi) is 4.77. The predicted octanol–water partition coefficient (Wildman–Crippen LogP) is 1.99. The maximum absolute atomic E-state index is 12.7. The molecule has 1 N–H and O–H groups in total. The quantitative estimate of drug-likeness (QED) is 0.790. The number of aliphatic hydroxyl groups is 1. The van der Waals surface area contributed by atoms with Gasteiger partial charge in [-0.15, -0.1) is 0 Å². The van der Waals surface area contributed by atoms with E-state index in [9.17, 15) is 39.9 Å². The maximum atomic E-state index is 12.7. The molecule has 11 heteroatoms. The smallest absolute Gasteiger partial charge is 0.370 e. The molecule has 0 radical (unpaired) electrons. The molecule has 0 heterocycles. The topological polar surface area (TPSA) is 57.6 Å². The zero-order valence-corrected chi connectivity index (χ0v) is 12.2. The van der Waals surface area contributed by atoms with E-state index in [0.717, 1.165) is 23.7 Å². The van der Waals surface area contributed by atoms with E-state index in [-0.39, 0.29) is 0 Å². The van der Waals surface area contributed by atoms with E-state index in [1.165, 1.54) is 0 Å². The van der Waals surface area contributed by atoms with Crippen LogP contribution in [0.3, 0.4) is 0 Å². The molecule has 0 spiro atoms. The van der Waals surface area contributed by atoms with Crippen LogP contribution in [0, 0.1) is 0 Å². The van der Waals surface area contributed by atoms with Gasteiger partial charge in [-0.3, -0.25) is 0 Å². The summed E-state index contributed by atoms with van der Waals surface area (Å²) in [5, 5.41) is 9.19. The van der Waals surface area contributed by atoms with E-state index in [4.69, 9.17) is 0 Å². The van der Waals surface area contributed by atoms with Gasteiger partial charge in [0.05, 0.1) is 6.26 Å². The third-order valence-corrected chi connectivity index (χ3v) is 4.62. The highest BCUT2D eigenvalue weighted by Crippen LogP contribution is 2.48. The minimum absolute atomic E-state index is 0.427. The molecule has 1 rings (SSSR count). The Bertz CT molecular complexity index is 576. The van der Waals surface area contributed by atoms with Crippen molar-refractivity contribution in [1.29, 1.82) is 0 Å². The van der Waals surface area contributed by atoms with Crippen LogP contribution in [0.15, 0.2) is 23.8 Å². The van der Waals surface area contributed by atoms with E-state index in [2.05, 4.69) is 0 Å². The Morgan fingerprint density at radius 3 is 1.91 bits per heavy atom. The molecule has 4 nitrogen and oxygen atoms in total. The summed E-state index contributed by atoms with van der Waals surface area (Å²) in [6.45, 7) is 0. The highest BCUT2D eigenvalue weighted by molar-refractivity contribution is 7.88. The molecule has 0 aromatic rings. The summed E-state index contributed by atoms with van der Waals surface area (Å²) in [6.07, 6.45) is -9.65. The first kappa shape index (κ1) is 19.0. The first-order chi connectivity index (χ1) is 9.62. The molecule has 0 aliphatic heterocycles. The van der Waals surface area contributed by atoms with Crippen LogP contribution in [0.25, 0.3) is 0 Å². The number of likely N-dealkylation sites (N-methyl/N-ethyl adjacent to an activating group) is 1. The summed E-state index contributed by atoms with van der Waals surface area (Å²) >= 11 is 0. The second-order valence-corrected chi connectivity index (χ2v) is 6.85. The number of hydrogen-bond donors (Lipinski definition) is 1. The molecule has 1 aliphatic rings. The summed E-state index contributed by atoms with van der Waals surface area (Å²) in [4.78, 5) is 0. The summed E-state index contributed by atoms with van der Waals surface area (Å²) < 4.78 is 99.5. The molecular formula is C11H13F6NO3S. The molecule has 1 atom stereocenters. The van der Waals surface area contributed by atoms with Gasteiger partial charge in [-0.2, -0.15) is 30.6 Å². The molecule has 0 saturated heterocycles. The maximum Gasteiger partial charge on any atom is 0.430 e. The second-order valence-electron chi connectivity index (χ2n) is 4.81. The first-order valence-electron chi connectivity index (χ1n) is 5.80. The SMILES string of the molecule is CN(C1C=CC(C(O)(C(F)(F)F)C(F)(F)F)=CC1)S(C)(=O)=O.